The first-order valence-corrected chi connectivity index (χ1v) is 8.91. The summed E-state index contributed by atoms with van der Waals surface area (Å²) in [4.78, 5) is -0.0923. The molecule has 4 N–H and O–H groups in total. The molecule has 0 saturated heterocycles. The molecule has 1 rings (SSSR count). The van der Waals surface area contributed by atoms with E-state index in [9.17, 15) is 8.42 Å². The maximum absolute atomic E-state index is 12.3. The molecule has 8 heteroatoms. The highest BCUT2D eigenvalue weighted by Gasteiger charge is 2.21. The van der Waals surface area contributed by atoms with Gasteiger partial charge in [0.25, 0.3) is 0 Å². The number of sulfonamides is 1. The van der Waals surface area contributed by atoms with Gasteiger partial charge < -0.3 is 10.8 Å². The zero-order chi connectivity index (χ0) is 16.0. The lowest BCUT2D eigenvalue weighted by Crippen LogP contribution is -2.30. The molecule has 0 amide bonds. The molecule has 0 aliphatic rings. The minimum atomic E-state index is -3.76. The van der Waals surface area contributed by atoms with Crippen molar-refractivity contribution in [3.63, 3.8) is 0 Å². The Morgan fingerprint density at radius 1 is 1.33 bits per heavy atom. The van der Waals surface area contributed by atoms with Crippen LogP contribution in [0.3, 0.4) is 0 Å². The second kappa shape index (κ2) is 8.19. The molecule has 120 valence electrons. The summed E-state index contributed by atoms with van der Waals surface area (Å²) in [6.45, 7) is 2.28. The Kier molecular flexibility index (Phi) is 7.23. The minimum absolute atomic E-state index is 0.0288. The summed E-state index contributed by atoms with van der Waals surface area (Å²) < 4.78 is 27.1. The normalized spacial score (nSPS) is 13.3. The van der Waals surface area contributed by atoms with E-state index in [0.29, 0.717) is 6.42 Å². The molecule has 0 saturated carbocycles. The number of aliphatic hydroxyl groups is 1. The van der Waals surface area contributed by atoms with Crippen molar-refractivity contribution in [2.45, 2.75) is 31.1 Å². The highest BCUT2D eigenvalue weighted by atomic mass is 35.5. The molecule has 5 nitrogen and oxygen atoms in total. The number of rotatable bonds is 8. The average Bonchev–Trinajstić information content (AvgIpc) is 2.42. The minimum Gasteiger partial charge on any atom is -0.396 e. The van der Waals surface area contributed by atoms with Crippen molar-refractivity contribution in [1.82, 2.24) is 4.72 Å². The molecule has 1 atom stereocenters. The molecular weight excluding hydrogens is 335 g/mol. The Morgan fingerprint density at radius 3 is 2.57 bits per heavy atom. The van der Waals surface area contributed by atoms with Crippen molar-refractivity contribution in [1.29, 1.82) is 0 Å². The molecule has 0 bridgehead atoms. The van der Waals surface area contributed by atoms with Crippen LogP contribution in [-0.4, -0.2) is 26.7 Å². The summed E-state index contributed by atoms with van der Waals surface area (Å²) >= 11 is 11.7. The standard InChI is InChI=1S/C13H20Cl2N2O3S/c1-2-3-9(6-7-18)8-17-21(19,20)11-5-4-10(14)13(16)12(11)15/h4-5,9,17-18H,2-3,6-8,16H2,1H3. The second-order valence-corrected chi connectivity index (χ2v) is 7.31. The molecule has 0 aliphatic heterocycles. The van der Waals surface area contributed by atoms with Crippen LogP contribution >= 0.6 is 23.2 Å². The smallest absolute Gasteiger partial charge is 0.242 e. The van der Waals surface area contributed by atoms with Crippen molar-refractivity contribution in [3.05, 3.63) is 22.2 Å². The molecule has 0 aromatic heterocycles. The fraction of sp³-hybridized carbons (Fsp3) is 0.538. The topological polar surface area (TPSA) is 92.4 Å². The van der Waals surface area contributed by atoms with Gasteiger partial charge in [0.1, 0.15) is 4.90 Å². The Hall–Kier alpha value is -0.530. The Labute approximate surface area is 135 Å². The van der Waals surface area contributed by atoms with Gasteiger partial charge in [-0.15, -0.1) is 0 Å². The Bertz CT molecular complexity index is 573. The number of hydrogen-bond acceptors (Lipinski definition) is 4. The fourth-order valence-electron chi connectivity index (χ4n) is 2.00. The largest absolute Gasteiger partial charge is 0.396 e. The van der Waals surface area contributed by atoms with E-state index >= 15 is 0 Å². The van der Waals surface area contributed by atoms with Crippen LogP contribution in [0.25, 0.3) is 0 Å². The zero-order valence-corrected chi connectivity index (χ0v) is 14.1. The molecule has 0 fully saturated rings. The Balaban J connectivity index is 2.89. The van der Waals surface area contributed by atoms with Gasteiger partial charge in [-0.05, 0) is 30.9 Å². The van der Waals surface area contributed by atoms with E-state index in [1.807, 2.05) is 6.92 Å². The van der Waals surface area contributed by atoms with Crippen molar-refractivity contribution >= 4 is 38.9 Å². The van der Waals surface area contributed by atoms with Gasteiger partial charge in [0.2, 0.25) is 10.0 Å². The number of aliphatic hydroxyl groups excluding tert-OH is 1. The van der Waals surface area contributed by atoms with Gasteiger partial charge in [0, 0.05) is 13.2 Å². The summed E-state index contributed by atoms with van der Waals surface area (Å²) in [6, 6.07) is 2.72. The quantitative estimate of drug-likeness (QED) is 0.625. The fourth-order valence-corrected chi connectivity index (χ4v) is 3.88. The van der Waals surface area contributed by atoms with E-state index in [0.717, 1.165) is 12.8 Å². The van der Waals surface area contributed by atoms with Gasteiger partial charge in [-0.1, -0.05) is 36.5 Å². The van der Waals surface area contributed by atoms with E-state index in [1.165, 1.54) is 12.1 Å². The molecule has 0 heterocycles. The average molecular weight is 355 g/mol. The van der Waals surface area contributed by atoms with Crippen molar-refractivity contribution in [3.8, 4) is 0 Å². The number of nitrogens with one attached hydrogen (secondary N) is 1. The van der Waals surface area contributed by atoms with Crippen LogP contribution in [0.15, 0.2) is 17.0 Å². The van der Waals surface area contributed by atoms with Gasteiger partial charge in [-0.25, -0.2) is 13.1 Å². The number of anilines is 1. The van der Waals surface area contributed by atoms with Crippen LogP contribution in [0.2, 0.25) is 10.0 Å². The highest BCUT2D eigenvalue weighted by molar-refractivity contribution is 7.89. The zero-order valence-electron chi connectivity index (χ0n) is 11.8. The summed E-state index contributed by atoms with van der Waals surface area (Å²) in [5.41, 5.74) is 5.68. The number of halogens is 2. The van der Waals surface area contributed by atoms with Crippen LogP contribution in [0.4, 0.5) is 5.69 Å². The summed E-state index contributed by atoms with van der Waals surface area (Å²) in [5.74, 6) is 0.0817. The van der Waals surface area contributed by atoms with E-state index in [2.05, 4.69) is 4.72 Å². The van der Waals surface area contributed by atoms with Crippen molar-refractivity contribution < 1.29 is 13.5 Å². The molecular formula is C13H20Cl2N2O3S. The molecule has 1 unspecified atom stereocenters. The molecule has 0 spiro atoms. The molecule has 1 aromatic rings. The van der Waals surface area contributed by atoms with E-state index in [1.54, 1.807) is 0 Å². The predicted octanol–water partition coefficient (Wildman–Crippen LogP) is 2.65. The van der Waals surface area contributed by atoms with Gasteiger partial charge in [0.15, 0.2) is 0 Å². The highest BCUT2D eigenvalue weighted by Crippen LogP contribution is 2.33. The van der Waals surface area contributed by atoms with E-state index in [-0.39, 0.29) is 39.7 Å². The third kappa shape index (κ3) is 5.00. The SMILES string of the molecule is CCCC(CCO)CNS(=O)(=O)c1ccc(Cl)c(N)c1Cl. The summed E-state index contributed by atoms with van der Waals surface area (Å²) in [5, 5.41) is 9.12. The third-order valence-corrected chi connectivity index (χ3v) is 5.49. The first-order valence-electron chi connectivity index (χ1n) is 6.67. The van der Waals surface area contributed by atoms with Crippen LogP contribution in [-0.2, 0) is 10.0 Å². The third-order valence-electron chi connectivity index (χ3n) is 3.18. The summed E-state index contributed by atoms with van der Waals surface area (Å²) in [6.07, 6.45) is 2.30. The molecule has 21 heavy (non-hydrogen) atoms. The molecule has 1 aromatic carbocycles. The second-order valence-electron chi connectivity index (χ2n) is 4.79. The van der Waals surface area contributed by atoms with Crippen molar-refractivity contribution in [2.75, 3.05) is 18.9 Å². The molecule has 0 radical (unpaired) electrons. The number of nitrogen functional groups attached to an aromatic ring is 1. The number of nitrogens with two attached hydrogens (primary N) is 1. The lowest BCUT2D eigenvalue weighted by atomic mass is 10.0. The van der Waals surface area contributed by atoms with E-state index < -0.39 is 10.0 Å². The van der Waals surface area contributed by atoms with Gasteiger partial charge in [-0.2, -0.15) is 0 Å². The maximum atomic E-state index is 12.3. The summed E-state index contributed by atoms with van der Waals surface area (Å²) in [7, 11) is -3.76. The lowest BCUT2D eigenvalue weighted by molar-refractivity contribution is 0.251. The van der Waals surface area contributed by atoms with Crippen LogP contribution in [0.5, 0.6) is 0 Å². The monoisotopic (exact) mass is 354 g/mol. The molecule has 0 aliphatic carbocycles. The van der Waals surface area contributed by atoms with Crippen LogP contribution < -0.4 is 10.5 Å². The lowest BCUT2D eigenvalue weighted by Gasteiger charge is -2.16. The Morgan fingerprint density at radius 2 is 2.00 bits per heavy atom. The van der Waals surface area contributed by atoms with Crippen LogP contribution in [0.1, 0.15) is 26.2 Å². The first-order chi connectivity index (χ1) is 9.83. The van der Waals surface area contributed by atoms with Crippen LogP contribution in [0, 0.1) is 5.92 Å². The van der Waals surface area contributed by atoms with Gasteiger partial charge in [-0.3, -0.25) is 0 Å². The first kappa shape index (κ1) is 18.5. The number of hydrogen-bond donors (Lipinski definition) is 3. The predicted molar refractivity (Wildman–Crippen MR) is 86.2 cm³/mol. The maximum Gasteiger partial charge on any atom is 0.242 e. The van der Waals surface area contributed by atoms with E-state index in [4.69, 9.17) is 34.0 Å². The van der Waals surface area contributed by atoms with Crippen molar-refractivity contribution in [2.24, 2.45) is 5.92 Å². The van der Waals surface area contributed by atoms with Gasteiger partial charge in [0.05, 0.1) is 15.7 Å². The van der Waals surface area contributed by atoms with Gasteiger partial charge >= 0.3 is 0 Å². The number of benzene rings is 1.